The molecular formula is C14H28N2OS. The number of carbonyl (C=O) groups excluding carboxylic acids is 1. The molecule has 1 fully saturated rings. The molecule has 1 aliphatic rings. The van der Waals surface area contributed by atoms with Crippen molar-refractivity contribution in [3.8, 4) is 0 Å². The molecule has 2 unspecified atom stereocenters. The van der Waals surface area contributed by atoms with Crippen LogP contribution in [0.3, 0.4) is 0 Å². The summed E-state index contributed by atoms with van der Waals surface area (Å²) < 4.78 is 0. The van der Waals surface area contributed by atoms with E-state index in [1.807, 2.05) is 0 Å². The monoisotopic (exact) mass is 272 g/mol. The van der Waals surface area contributed by atoms with Crippen LogP contribution in [0.25, 0.3) is 0 Å². The van der Waals surface area contributed by atoms with Gasteiger partial charge in [0, 0.05) is 6.54 Å². The largest absolute Gasteiger partial charge is 0.355 e. The number of rotatable bonds is 7. The summed E-state index contributed by atoms with van der Waals surface area (Å²) in [5, 5.41) is 6.64. The molecule has 1 aliphatic heterocycles. The molecule has 3 nitrogen and oxygen atoms in total. The molecule has 1 rings (SSSR count). The van der Waals surface area contributed by atoms with Gasteiger partial charge >= 0.3 is 0 Å². The summed E-state index contributed by atoms with van der Waals surface area (Å²) >= 11 is 1.75. The Hall–Kier alpha value is -0.220. The van der Waals surface area contributed by atoms with Gasteiger partial charge in [-0.2, -0.15) is 0 Å². The molecule has 18 heavy (non-hydrogen) atoms. The van der Waals surface area contributed by atoms with Crippen molar-refractivity contribution in [1.82, 2.24) is 10.6 Å². The van der Waals surface area contributed by atoms with Gasteiger partial charge in [-0.05, 0) is 49.9 Å². The zero-order valence-corrected chi connectivity index (χ0v) is 12.8. The molecule has 2 N–H and O–H groups in total. The van der Waals surface area contributed by atoms with Gasteiger partial charge in [-0.3, -0.25) is 4.79 Å². The predicted molar refractivity (Wildman–Crippen MR) is 80.0 cm³/mol. The van der Waals surface area contributed by atoms with Crippen LogP contribution in [0.15, 0.2) is 0 Å². The van der Waals surface area contributed by atoms with Crippen LogP contribution < -0.4 is 10.6 Å². The number of thioether (sulfide) groups is 1. The lowest BCUT2D eigenvalue weighted by Crippen LogP contribution is -2.38. The zero-order chi connectivity index (χ0) is 13.4. The fourth-order valence-electron chi connectivity index (χ4n) is 2.42. The van der Waals surface area contributed by atoms with Gasteiger partial charge in [0.1, 0.15) is 0 Å². The average molecular weight is 272 g/mol. The van der Waals surface area contributed by atoms with E-state index in [2.05, 4.69) is 31.4 Å². The molecule has 0 aliphatic carbocycles. The summed E-state index contributed by atoms with van der Waals surface area (Å²) in [7, 11) is 0. The van der Waals surface area contributed by atoms with Crippen molar-refractivity contribution in [2.45, 2.75) is 45.3 Å². The lowest BCUT2D eigenvalue weighted by atomic mass is 9.96. The van der Waals surface area contributed by atoms with Crippen LogP contribution in [0.4, 0.5) is 0 Å². The first-order valence-electron chi connectivity index (χ1n) is 7.25. The van der Waals surface area contributed by atoms with E-state index < -0.39 is 0 Å². The zero-order valence-electron chi connectivity index (χ0n) is 12.0. The maximum Gasteiger partial charge on any atom is 0.233 e. The highest BCUT2D eigenvalue weighted by atomic mass is 32.2. The fraction of sp³-hybridized carbons (Fsp3) is 0.929. The molecule has 0 radical (unpaired) electrons. The Bertz CT molecular complexity index is 240. The van der Waals surface area contributed by atoms with Gasteiger partial charge in [-0.1, -0.05) is 20.8 Å². The molecule has 2 atom stereocenters. The summed E-state index contributed by atoms with van der Waals surface area (Å²) in [6, 6.07) is 0. The Morgan fingerprint density at radius 1 is 1.50 bits per heavy atom. The van der Waals surface area contributed by atoms with Crippen molar-refractivity contribution >= 4 is 17.7 Å². The highest BCUT2D eigenvalue weighted by Gasteiger charge is 2.22. The minimum absolute atomic E-state index is 0.111. The van der Waals surface area contributed by atoms with E-state index >= 15 is 0 Å². The maximum atomic E-state index is 12.1. The lowest BCUT2D eigenvalue weighted by molar-refractivity contribution is -0.121. The van der Waals surface area contributed by atoms with Gasteiger partial charge in [0.05, 0.1) is 5.25 Å². The Morgan fingerprint density at radius 2 is 2.28 bits per heavy atom. The Balaban J connectivity index is 2.21. The molecule has 0 spiro atoms. The molecular weight excluding hydrogens is 244 g/mol. The molecule has 0 aromatic heterocycles. The average Bonchev–Trinajstić information content (AvgIpc) is 2.36. The van der Waals surface area contributed by atoms with Crippen molar-refractivity contribution in [3.63, 3.8) is 0 Å². The van der Waals surface area contributed by atoms with Gasteiger partial charge in [0.2, 0.25) is 5.91 Å². The third-order valence-corrected chi connectivity index (χ3v) is 4.91. The highest BCUT2D eigenvalue weighted by Crippen LogP contribution is 2.19. The first-order chi connectivity index (χ1) is 8.65. The summed E-state index contributed by atoms with van der Waals surface area (Å²) in [6.45, 7) is 9.47. The smallest absolute Gasteiger partial charge is 0.233 e. The molecule has 0 bridgehead atoms. The number of hydrogen-bond acceptors (Lipinski definition) is 3. The van der Waals surface area contributed by atoms with Crippen LogP contribution >= 0.6 is 11.8 Å². The van der Waals surface area contributed by atoms with Gasteiger partial charge in [-0.25, -0.2) is 0 Å². The van der Waals surface area contributed by atoms with E-state index in [1.165, 1.54) is 12.8 Å². The number of amides is 1. The first kappa shape index (κ1) is 15.8. The Kier molecular flexibility index (Phi) is 7.75. The van der Waals surface area contributed by atoms with E-state index in [-0.39, 0.29) is 11.2 Å². The second kappa shape index (κ2) is 8.81. The van der Waals surface area contributed by atoms with Crippen LogP contribution in [0.2, 0.25) is 0 Å². The van der Waals surface area contributed by atoms with Gasteiger partial charge in [0.25, 0.3) is 0 Å². The van der Waals surface area contributed by atoms with Crippen molar-refractivity contribution in [3.05, 3.63) is 0 Å². The molecule has 1 saturated heterocycles. The SMILES string of the molecule is CCSC(C(=O)NCCC1CCCNC1)C(C)C. The highest BCUT2D eigenvalue weighted by molar-refractivity contribution is 8.00. The van der Waals surface area contributed by atoms with Crippen molar-refractivity contribution in [1.29, 1.82) is 0 Å². The Labute approximate surface area is 116 Å². The summed E-state index contributed by atoms with van der Waals surface area (Å²) in [6.07, 6.45) is 3.69. The fourth-order valence-corrected chi connectivity index (χ4v) is 3.40. The summed E-state index contributed by atoms with van der Waals surface area (Å²) in [5.74, 6) is 2.38. The number of hydrogen-bond donors (Lipinski definition) is 2. The minimum Gasteiger partial charge on any atom is -0.355 e. The Morgan fingerprint density at radius 3 is 2.83 bits per heavy atom. The normalized spacial score (nSPS) is 21.9. The van der Waals surface area contributed by atoms with E-state index in [1.54, 1.807) is 11.8 Å². The number of nitrogens with one attached hydrogen (secondary N) is 2. The third-order valence-electron chi connectivity index (χ3n) is 3.46. The van der Waals surface area contributed by atoms with Gasteiger partial charge < -0.3 is 10.6 Å². The molecule has 1 amide bonds. The second-order valence-corrected chi connectivity index (χ2v) is 6.83. The molecule has 0 aromatic rings. The van der Waals surface area contributed by atoms with E-state index in [4.69, 9.17) is 0 Å². The number of piperidine rings is 1. The van der Waals surface area contributed by atoms with Crippen molar-refractivity contribution in [2.75, 3.05) is 25.4 Å². The van der Waals surface area contributed by atoms with E-state index in [0.29, 0.717) is 5.92 Å². The summed E-state index contributed by atoms with van der Waals surface area (Å²) in [4.78, 5) is 12.1. The molecule has 0 aromatic carbocycles. The van der Waals surface area contributed by atoms with Crippen molar-refractivity contribution in [2.24, 2.45) is 11.8 Å². The van der Waals surface area contributed by atoms with Crippen LogP contribution in [0.1, 0.15) is 40.0 Å². The van der Waals surface area contributed by atoms with Gasteiger partial charge in [-0.15, -0.1) is 11.8 Å². The summed E-state index contributed by atoms with van der Waals surface area (Å²) in [5.41, 5.74) is 0. The second-order valence-electron chi connectivity index (χ2n) is 5.41. The first-order valence-corrected chi connectivity index (χ1v) is 8.30. The van der Waals surface area contributed by atoms with Crippen LogP contribution in [-0.4, -0.2) is 36.5 Å². The standard InChI is InChI=1S/C14H28N2OS/c1-4-18-13(11(2)3)14(17)16-9-7-12-6-5-8-15-10-12/h11-13,15H,4-10H2,1-3H3,(H,16,17). The van der Waals surface area contributed by atoms with Crippen LogP contribution in [0, 0.1) is 11.8 Å². The van der Waals surface area contributed by atoms with E-state index in [9.17, 15) is 4.79 Å². The van der Waals surface area contributed by atoms with E-state index in [0.717, 1.165) is 37.7 Å². The number of carbonyl (C=O) groups is 1. The molecule has 106 valence electrons. The van der Waals surface area contributed by atoms with Gasteiger partial charge in [0.15, 0.2) is 0 Å². The predicted octanol–water partition coefficient (Wildman–Crippen LogP) is 2.27. The molecule has 4 heteroatoms. The molecule has 1 heterocycles. The van der Waals surface area contributed by atoms with Crippen LogP contribution in [0.5, 0.6) is 0 Å². The minimum atomic E-state index is 0.111. The molecule has 0 saturated carbocycles. The quantitative estimate of drug-likeness (QED) is 0.747. The topological polar surface area (TPSA) is 41.1 Å². The maximum absolute atomic E-state index is 12.1. The van der Waals surface area contributed by atoms with Crippen LogP contribution in [-0.2, 0) is 4.79 Å². The third kappa shape index (κ3) is 5.61. The lowest BCUT2D eigenvalue weighted by Gasteiger charge is -2.24. The van der Waals surface area contributed by atoms with Crippen molar-refractivity contribution < 1.29 is 4.79 Å².